The van der Waals surface area contributed by atoms with Gasteiger partial charge in [-0.05, 0) is 48.9 Å². The molecular formula is C18H19NO5. The van der Waals surface area contributed by atoms with Crippen molar-refractivity contribution in [1.29, 1.82) is 0 Å². The second-order valence-electron chi connectivity index (χ2n) is 5.05. The molecule has 0 saturated heterocycles. The molecule has 0 unspecified atom stereocenters. The molecule has 0 aliphatic rings. The topological polar surface area (TPSA) is 84.9 Å². The molecule has 0 saturated carbocycles. The maximum atomic E-state index is 12.3. The molecule has 2 rings (SSSR count). The molecular weight excluding hydrogens is 310 g/mol. The second kappa shape index (κ2) is 8.01. The minimum absolute atomic E-state index is 0.0643. The van der Waals surface area contributed by atoms with Gasteiger partial charge in [-0.1, -0.05) is 6.92 Å². The summed E-state index contributed by atoms with van der Waals surface area (Å²) < 4.78 is 10.6. The standard InChI is InChI=1S/C18H19NO5/c1-3-10-24-14-7-4-12(5-8-14)17(20)19-15-11-13(18(21)22)6-9-16(15)23-2/h4-9,11H,3,10H2,1-2H3,(H,19,20)(H,21,22). The zero-order chi connectivity index (χ0) is 17.5. The van der Waals surface area contributed by atoms with Crippen LogP contribution < -0.4 is 14.8 Å². The van der Waals surface area contributed by atoms with E-state index in [0.29, 0.717) is 29.4 Å². The third-order valence-corrected chi connectivity index (χ3v) is 3.28. The Kier molecular flexibility index (Phi) is 5.78. The van der Waals surface area contributed by atoms with Crippen LogP contribution in [0.25, 0.3) is 0 Å². The fraction of sp³-hybridized carbons (Fsp3) is 0.222. The number of hydrogen-bond acceptors (Lipinski definition) is 4. The number of carbonyl (C=O) groups is 2. The fourth-order valence-electron chi connectivity index (χ4n) is 2.06. The monoisotopic (exact) mass is 329 g/mol. The molecule has 2 N–H and O–H groups in total. The first-order chi connectivity index (χ1) is 11.5. The van der Waals surface area contributed by atoms with Crippen LogP contribution in [0.3, 0.4) is 0 Å². The lowest BCUT2D eigenvalue weighted by Crippen LogP contribution is -2.13. The highest BCUT2D eigenvalue weighted by atomic mass is 16.5. The Bertz CT molecular complexity index is 725. The Morgan fingerprint density at radius 3 is 2.33 bits per heavy atom. The Balaban J connectivity index is 2.16. The van der Waals surface area contributed by atoms with E-state index in [2.05, 4.69) is 5.32 Å². The van der Waals surface area contributed by atoms with Crippen LogP contribution >= 0.6 is 0 Å². The highest BCUT2D eigenvalue weighted by Crippen LogP contribution is 2.26. The molecule has 0 fully saturated rings. The SMILES string of the molecule is CCCOc1ccc(C(=O)Nc2cc(C(=O)O)ccc2OC)cc1. The minimum atomic E-state index is -1.08. The molecule has 0 spiro atoms. The molecule has 6 heteroatoms. The Hall–Kier alpha value is -3.02. The molecule has 0 aliphatic heterocycles. The van der Waals surface area contributed by atoms with E-state index in [4.69, 9.17) is 14.6 Å². The van der Waals surface area contributed by atoms with Crippen molar-refractivity contribution in [3.8, 4) is 11.5 Å². The quantitative estimate of drug-likeness (QED) is 0.813. The third-order valence-electron chi connectivity index (χ3n) is 3.28. The summed E-state index contributed by atoms with van der Waals surface area (Å²) in [5.41, 5.74) is 0.796. The van der Waals surface area contributed by atoms with Crippen molar-refractivity contribution >= 4 is 17.6 Å². The lowest BCUT2D eigenvalue weighted by molar-refractivity contribution is 0.0696. The lowest BCUT2D eigenvalue weighted by atomic mass is 10.1. The van der Waals surface area contributed by atoms with E-state index in [-0.39, 0.29) is 11.5 Å². The number of ether oxygens (including phenoxy) is 2. The number of carboxylic acids is 1. The summed E-state index contributed by atoms with van der Waals surface area (Å²) in [5.74, 6) is -0.362. The number of benzene rings is 2. The maximum absolute atomic E-state index is 12.3. The zero-order valence-electron chi connectivity index (χ0n) is 13.5. The number of amides is 1. The highest BCUT2D eigenvalue weighted by molar-refractivity contribution is 6.05. The van der Waals surface area contributed by atoms with Crippen molar-refractivity contribution in [1.82, 2.24) is 0 Å². The van der Waals surface area contributed by atoms with Gasteiger partial charge in [0, 0.05) is 5.56 Å². The molecule has 0 heterocycles. The summed E-state index contributed by atoms with van der Waals surface area (Å²) in [6.45, 7) is 2.63. The molecule has 6 nitrogen and oxygen atoms in total. The van der Waals surface area contributed by atoms with Crippen LogP contribution in [0, 0.1) is 0 Å². The van der Waals surface area contributed by atoms with Crippen molar-refractivity contribution in [2.45, 2.75) is 13.3 Å². The predicted octanol–water partition coefficient (Wildman–Crippen LogP) is 3.43. The van der Waals surface area contributed by atoms with Gasteiger partial charge in [0.25, 0.3) is 5.91 Å². The van der Waals surface area contributed by atoms with Gasteiger partial charge in [-0.2, -0.15) is 0 Å². The van der Waals surface area contributed by atoms with Gasteiger partial charge in [0.15, 0.2) is 0 Å². The number of rotatable bonds is 7. The molecule has 0 bridgehead atoms. The number of aromatic carboxylic acids is 1. The van der Waals surface area contributed by atoms with Gasteiger partial charge in [0.05, 0.1) is 25.0 Å². The number of methoxy groups -OCH3 is 1. The average Bonchev–Trinajstić information content (AvgIpc) is 2.60. The maximum Gasteiger partial charge on any atom is 0.335 e. The van der Waals surface area contributed by atoms with Crippen molar-refractivity contribution in [2.24, 2.45) is 0 Å². The van der Waals surface area contributed by atoms with E-state index >= 15 is 0 Å². The summed E-state index contributed by atoms with van der Waals surface area (Å²) in [4.78, 5) is 23.4. The van der Waals surface area contributed by atoms with Crippen LogP contribution in [0.5, 0.6) is 11.5 Å². The van der Waals surface area contributed by atoms with Crippen LogP contribution in [-0.2, 0) is 0 Å². The molecule has 126 valence electrons. The summed E-state index contributed by atoms with van der Waals surface area (Å²) >= 11 is 0. The van der Waals surface area contributed by atoms with Crippen LogP contribution in [0.2, 0.25) is 0 Å². The van der Waals surface area contributed by atoms with E-state index in [1.807, 2.05) is 6.92 Å². The number of anilines is 1. The van der Waals surface area contributed by atoms with E-state index in [9.17, 15) is 9.59 Å². The molecule has 2 aromatic carbocycles. The van der Waals surface area contributed by atoms with Crippen LogP contribution in [0.4, 0.5) is 5.69 Å². The van der Waals surface area contributed by atoms with E-state index in [0.717, 1.165) is 6.42 Å². The van der Waals surface area contributed by atoms with E-state index < -0.39 is 5.97 Å². The summed E-state index contributed by atoms with van der Waals surface area (Å²) in [6.07, 6.45) is 0.905. The second-order valence-corrected chi connectivity index (χ2v) is 5.05. The van der Waals surface area contributed by atoms with E-state index in [1.54, 1.807) is 24.3 Å². The van der Waals surface area contributed by atoms with Gasteiger partial charge in [0.1, 0.15) is 11.5 Å². The minimum Gasteiger partial charge on any atom is -0.495 e. The molecule has 2 aromatic rings. The van der Waals surface area contributed by atoms with E-state index in [1.165, 1.54) is 25.3 Å². The highest BCUT2D eigenvalue weighted by Gasteiger charge is 2.13. The largest absolute Gasteiger partial charge is 0.495 e. The molecule has 24 heavy (non-hydrogen) atoms. The van der Waals surface area contributed by atoms with Crippen molar-refractivity contribution in [2.75, 3.05) is 19.0 Å². The van der Waals surface area contributed by atoms with Gasteiger partial charge >= 0.3 is 5.97 Å². The molecule has 1 amide bonds. The molecule has 0 atom stereocenters. The Morgan fingerprint density at radius 1 is 1.08 bits per heavy atom. The number of hydrogen-bond donors (Lipinski definition) is 2. The predicted molar refractivity (Wildman–Crippen MR) is 90.1 cm³/mol. The van der Waals surface area contributed by atoms with Gasteiger partial charge in [-0.15, -0.1) is 0 Å². The molecule has 0 radical (unpaired) electrons. The van der Waals surface area contributed by atoms with Gasteiger partial charge in [-0.25, -0.2) is 4.79 Å². The van der Waals surface area contributed by atoms with Crippen LogP contribution in [0.1, 0.15) is 34.1 Å². The first-order valence-electron chi connectivity index (χ1n) is 7.50. The van der Waals surface area contributed by atoms with Gasteiger partial charge < -0.3 is 19.9 Å². The number of carbonyl (C=O) groups excluding carboxylic acids is 1. The van der Waals surface area contributed by atoms with Gasteiger partial charge in [-0.3, -0.25) is 4.79 Å². The average molecular weight is 329 g/mol. The lowest BCUT2D eigenvalue weighted by Gasteiger charge is -2.11. The number of nitrogens with one attached hydrogen (secondary N) is 1. The molecule has 0 aliphatic carbocycles. The first kappa shape index (κ1) is 17.3. The zero-order valence-corrected chi connectivity index (χ0v) is 13.5. The van der Waals surface area contributed by atoms with Crippen molar-refractivity contribution in [3.05, 3.63) is 53.6 Å². The Labute approximate surface area is 140 Å². The smallest absolute Gasteiger partial charge is 0.335 e. The van der Waals surface area contributed by atoms with Crippen molar-refractivity contribution in [3.63, 3.8) is 0 Å². The number of carboxylic acid groups (broad SMARTS) is 1. The van der Waals surface area contributed by atoms with Crippen molar-refractivity contribution < 1.29 is 24.2 Å². The normalized spacial score (nSPS) is 10.1. The molecule has 0 aromatic heterocycles. The summed E-state index contributed by atoms with van der Waals surface area (Å²) in [6, 6.07) is 11.0. The fourth-order valence-corrected chi connectivity index (χ4v) is 2.06. The Morgan fingerprint density at radius 2 is 1.75 bits per heavy atom. The summed E-state index contributed by atoms with van der Waals surface area (Å²) in [7, 11) is 1.45. The third kappa shape index (κ3) is 4.25. The summed E-state index contributed by atoms with van der Waals surface area (Å²) in [5, 5.41) is 11.7. The van der Waals surface area contributed by atoms with Crippen LogP contribution in [0.15, 0.2) is 42.5 Å². The van der Waals surface area contributed by atoms with Gasteiger partial charge in [0.2, 0.25) is 0 Å². The van der Waals surface area contributed by atoms with Crippen LogP contribution in [-0.4, -0.2) is 30.7 Å². The first-order valence-corrected chi connectivity index (χ1v) is 7.50.